The van der Waals surface area contributed by atoms with Crippen LogP contribution in [0.15, 0.2) is 60.7 Å². The number of ether oxygens (including phenoxy) is 2. The third-order valence-corrected chi connectivity index (χ3v) is 4.58. The third kappa shape index (κ3) is 6.02. The quantitative estimate of drug-likeness (QED) is 0.355. The van der Waals surface area contributed by atoms with Crippen LogP contribution >= 0.6 is 0 Å². The van der Waals surface area contributed by atoms with Crippen LogP contribution in [0.5, 0.6) is 11.5 Å². The Morgan fingerprint density at radius 2 is 1.26 bits per heavy atom. The van der Waals surface area contributed by atoms with E-state index in [1.807, 2.05) is 0 Å². The zero-order valence-electron chi connectivity index (χ0n) is 17.1. The van der Waals surface area contributed by atoms with Crippen molar-refractivity contribution in [2.24, 2.45) is 5.41 Å². The summed E-state index contributed by atoms with van der Waals surface area (Å²) in [6, 6.07) is 12.9. The molecule has 162 valence electrons. The molecule has 0 atom stereocenters. The maximum atomic E-state index is 12.5. The van der Waals surface area contributed by atoms with Crippen molar-refractivity contribution in [3.05, 3.63) is 71.8 Å². The molecule has 0 aliphatic carbocycles. The average Bonchev–Trinajstić information content (AvgIpc) is 2.66. The lowest BCUT2D eigenvalue weighted by Gasteiger charge is -2.27. The predicted molar refractivity (Wildman–Crippen MR) is 110 cm³/mol. The first-order chi connectivity index (χ1) is 14.5. The Morgan fingerprint density at radius 3 is 1.58 bits per heavy atom. The highest BCUT2D eigenvalue weighted by Crippen LogP contribution is 2.37. The third-order valence-electron chi connectivity index (χ3n) is 4.58. The van der Waals surface area contributed by atoms with Crippen molar-refractivity contribution in [3.63, 3.8) is 0 Å². The molecule has 0 saturated heterocycles. The van der Waals surface area contributed by atoms with Crippen LogP contribution in [0, 0.1) is 19.3 Å². The van der Waals surface area contributed by atoms with Crippen molar-refractivity contribution in [2.75, 3.05) is 0 Å². The molecular weight excluding hydrogens is 404 g/mol. The lowest BCUT2D eigenvalue weighted by molar-refractivity contribution is -0.158. The molecule has 0 aromatic heterocycles. The molecule has 0 bridgehead atoms. The van der Waals surface area contributed by atoms with E-state index in [4.69, 9.17) is 9.47 Å². The number of carbonyl (C=O) groups excluding carboxylic acids is 2. The van der Waals surface area contributed by atoms with E-state index >= 15 is 0 Å². The Hall–Kier alpha value is -3.94. The molecule has 0 heterocycles. The molecule has 0 aliphatic rings. The molecule has 0 amide bonds. The van der Waals surface area contributed by atoms with Crippen molar-refractivity contribution in [3.8, 4) is 11.5 Å². The van der Waals surface area contributed by atoms with Gasteiger partial charge in [-0.05, 0) is 49.2 Å². The summed E-state index contributed by atoms with van der Waals surface area (Å²) in [6.45, 7) is 6.84. The van der Waals surface area contributed by atoms with Crippen LogP contribution in [0.25, 0.3) is 0 Å². The zero-order chi connectivity index (χ0) is 23.2. The molecule has 2 rings (SSSR count). The maximum Gasteiger partial charge on any atom is 0.332 e. The summed E-state index contributed by atoms with van der Waals surface area (Å²) >= 11 is 0. The number of hydrogen-bond acceptors (Lipinski definition) is 6. The molecular formula is C23H22O8. The summed E-state index contributed by atoms with van der Waals surface area (Å²) in [5, 5.41) is 19.2. The number of aryl methyl sites for hydroxylation is 2. The molecule has 8 nitrogen and oxygen atoms in total. The van der Waals surface area contributed by atoms with Gasteiger partial charge in [0, 0.05) is 5.57 Å². The fraction of sp³-hybridized carbons (Fsp3) is 0.217. The summed E-state index contributed by atoms with van der Waals surface area (Å²) in [4.78, 5) is 48.6. The summed E-state index contributed by atoms with van der Waals surface area (Å²) in [5.41, 5.74) is -1.69. The SMILES string of the molecule is C=C(C(=O)O)C(CC(=O)Oc1cccc(C)c1)(CC(=O)Oc1cccc(C)c1)C(=O)O. The van der Waals surface area contributed by atoms with Gasteiger partial charge >= 0.3 is 23.9 Å². The summed E-state index contributed by atoms with van der Waals surface area (Å²) in [5.74, 6) is -5.10. The maximum absolute atomic E-state index is 12.5. The number of aliphatic carboxylic acids is 2. The number of esters is 2. The average molecular weight is 426 g/mol. The van der Waals surface area contributed by atoms with Crippen LogP contribution in [0.4, 0.5) is 0 Å². The number of benzene rings is 2. The largest absolute Gasteiger partial charge is 0.481 e. The molecule has 0 unspecified atom stereocenters. The Kier molecular flexibility index (Phi) is 7.31. The van der Waals surface area contributed by atoms with Gasteiger partial charge in [-0.25, -0.2) is 4.79 Å². The van der Waals surface area contributed by atoms with E-state index < -0.39 is 47.7 Å². The summed E-state index contributed by atoms with van der Waals surface area (Å²) < 4.78 is 10.3. The van der Waals surface area contributed by atoms with E-state index in [1.165, 1.54) is 12.1 Å². The van der Waals surface area contributed by atoms with Crippen molar-refractivity contribution in [1.29, 1.82) is 0 Å². The predicted octanol–water partition coefficient (Wildman–Crippen LogP) is 3.31. The smallest absolute Gasteiger partial charge is 0.332 e. The monoisotopic (exact) mass is 426 g/mol. The second kappa shape index (κ2) is 9.71. The van der Waals surface area contributed by atoms with Crippen LogP contribution in [0.1, 0.15) is 24.0 Å². The molecule has 2 aromatic carbocycles. The van der Waals surface area contributed by atoms with E-state index in [1.54, 1.807) is 50.2 Å². The molecule has 2 aromatic rings. The van der Waals surface area contributed by atoms with Crippen LogP contribution in [0.2, 0.25) is 0 Å². The highest BCUT2D eigenvalue weighted by atomic mass is 16.5. The topological polar surface area (TPSA) is 127 Å². The second-order valence-electron chi connectivity index (χ2n) is 7.11. The highest BCUT2D eigenvalue weighted by Gasteiger charge is 2.49. The van der Waals surface area contributed by atoms with Crippen molar-refractivity contribution in [1.82, 2.24) is 0 Å². The fourth-order valence-corrected chi connectivity index (χ4v) is 2.95. The summed E-state index contributed by atoms with van der Waals surface area (Å²) in [6.07, 6.45) is -1.85. The number of hydrogen-bond donors (Lipinski definition) is 2. The van der Waals surface area contributed by atoms with Crippen molar-refractivity contribution < 1.29 is 38.9 Å². The lowest BCUT2D eigenvalue weighted by atomic mass is 9.75. The minimum atomic E-state index is -2.45. The lowest BCUT2D eigenvalue weighted by Crippen LogP contribution is -2.41. The first kappa shape index (κ1) is 23.3. The Labute approximate surface area is 178 Å². The highest BCUT2D eigenvalue weighted by molar-refractivity contribution is 6.00. The minimum Gasteiger partial charge on any atom is -0.481 e. The van der Waals surface area contributed by atoms with Gasteiger partial charge in [-0.3, -0.25) is 14.4 Å². The van der Waals surface area contributed by atoms with Gasteiger partial charge in [0.2, 0.25) is 0 Å². The molecule has 2 N–H and O–H groups in total. The molecule has 0 aliphatic heterocycles. The molecule has 8 heteroatoms. The Bertz CT molecular complexity index is 976. The number of carboxylic acids is 2. The minimum absolute atomic E-state index is 0.160. The Balaban J connectivity index is 2.30. The first-order valence-electron chi connectivity index (χ1n) is 9.24. The fourth-order valence-electron chi connectivity index (χ4n) is 2.95. The van der Waals surface area contributed by atoms with E-state index in [0.717, 1.165) is 11.1 Å². The van der Waals surface area contributed by atoms with Gasteiger partial charge < -0.3 is 19.7 Å². The number of carbonyl (C=O) groups is 4. The van der Waals surface area contributed by atoms with Gasteiger partial charge in [-0.2, -0.15) is 0 Å². The zero-order valence-corrected chi connectivity index (χ0v) is 17.1. The van der Waals surface area contributed by atoms with Gasteiger partial charge in [0.1, 0.15) is 16.9 Å². The van der Waals surface area contributed by atoms with Gasteiger partial charge in [-0.15, -0.1) is 0 Å². The van der Waals surface area contributed by atoms with Crippen LogP contribution in [-0.4, -0.2) is 34.1 Å². The van der Waals surface area contributed by atoms with E-state index in [2.05, 4.69) is 6.58 Å². The van der Waals surface area contributed by atoms with Gasteiger partial charge in [0.25, 0.3) is 0 Å². The second-order valence-corrected chi connectivity index (χ2v) is 7.11. The molecule has 31 heavy (non-hydrogen) atoms. The molecule has 0 radical (unpaired) electrons. The van der Waals surface area contributed by atoms with Gasteiger partial charge in [0.15, 0.2) is 0 Å². The number of rotatable bonds is 9. The standard InChI is InChI=1S/C23H22O8/c1-14-6-4-8-17(10-14)30-19(24)12-23(22(28)29,16(3)21(26)27)13-20(25)31-18-9-5-7-15(2)11-18/h4-11H,3,12-13H2,1-2H3,(H,26,27)(H,28,29). The van der Waals surface area contributed by atoms with Gasteiger partial charge in [0.05, 0.1) is 12.8 Å². The first-order valence-corrected chi connectivity index (χ1v) is 9.24. The van der Waals surface area contributed by atoms with Crippen LogP contribution < -0.4 is 9.47 Å². The van der Waals surface area contributed by atoms with Gasteiger partial charge in [-0.1, -0.05) is 30.8 Å². The normalized spacial score (nSPS) is 10.8. The van der Waals surface area contributed by atoms with E-state index in [-0.39, 0.29) is 11.5 Å². The van der Waals surface area contributed by atoms with E-state index in [9.17, 15) is 29.4 Å². The molecule has 0 fully saturated rings. The van der Waals surface area contributed by atoms with Crippen LogP contribution in [-0.2, 0) is 19.2 Å². The van der Waals surface area contributed by atoms with Crippen LogP contribution in [0.3, 0.4) is 0 Å². The molecule has 0 saturated carbocycles. The van der Waals surface area contributed by atoms with Crippen molar-refractivity contribution in [2.45, 2.75) is 26.7 Å². The van der Waals surface area contributed by atoms with Crippen molar-refractivity contribution >= 4 is 23.9 Å². The summed E-state index contributed by atoms with van der Waals surface area (Å²) in [7, 11) is 0. The van der Waals surface area contributed by atoms with E-state index in [0.29, 0.717) is 0 Å². The molecule has 0 spiro atoms. The number of carboxylic acid groups (broad SMARTS) is 2. The Morgan fingerprint density at radius 1 is 0.839 bits per heavy atom.